The topological polar surface area (TPSA) is 76.4 Å². The van der Waals surface area contributed by atoms with E-state index in [1.807, 2.05) is 6.92 Å². The van der Waals surface area contributed by atoms with Gasteiger partial charge in [-0.05, 0) is 43.7 Å². The number of aromatic carboxylic acids is 1. The van der Waals surface area contributed by atoms with Gasteiger partial charge in [-0.2, -0.15) is 0 Å². The van der Waals surface area contributed by atoms with Crippen molar-refractivity contribution in [2.75, 3.05) is 0 Å². The lowest BCUT2D eigenvalue weighted by molar-refractivity contribution is 0.0697. The lowest BCUT2D eigenvalue weighted by Crippen LogP contribution is -2.12. The molecule has 0 bridgehead atoms. The number of rotatable bonds is 3. The van der Waals surface area contributed by atoms with Crippen LogP contribution in [0.1, 0.15) is 21.5 Å². The molecule has 0 aliphatic rings. The molecule has 0 aliphatic carbocycles. The van der Waals surface area contributed by atoms with Crippen LogP contribution in [0.15, 0.2) is 53.6 Å². The van der Waals surface area contributed by atoms with E-state index in [1.165, 1.54) is 18.3 Å². The summed E-state index contributed by atoms with van der Waals surface area (Å²) >= 11 is 0. The first-order chi connectivity index (χ1) is 10.8. The second kappa shape index (κ2) is 6.30. The number of hydrogen-bond donors (Lipinski definition) is 1. The monoisotopic (exact) mass is 365 g/mol. The summed E-state index contributed by atoms with van der Waals surface area (Å²) in [5.41, 5.74) is 2.15. The Hall–Kier alpha value is -2.31. The molecule has 1 heterocycles. The van der Waals surface area contributed by atoms with Gasteiger partial charge in [0.1, 0.15) is 0 Å². The highest BCUT2D eigenvalue weighted by molar-refractivity contribution is 7.90. The van der Waals surface area contributed by atoms with Crippen molar-refractivity contribution >= 4 is 39.3 Å². The Kier molecular flexibility index (Phi) is 4.73. The van der Waals surface area contributed by atoms with Crippen LogP contribution in [0.5, 0.6) is 0 Å². The molecule has 0 unspecified atom stereocenters. The summed E-state index contributed by atoms with van der Waals surface area (Å²) in [5, 5.41) is 9.85. The van der Waals surface area contributed by atoms with Gasteiger partial charge in [-0.25, -0.2) is 17.2 Å². The zero-order valence-electron chi connectivity index (χ0n) is 13.1. The number of benzene rings is 2. The van der Waals surface area contributed by atoms with Crippen molar-refractivity contribution in [2.45, 2.75) is 18.7 Å². The summed E-state index contributed by atoms with van der Waals surface area (Å²) < 4.78 is 26.9. The average Bonchev–Trinajstić information content (AvgIpc) is 2.85. The molecular formula is C17H16ClNO4S. The van der Waals surface area contributed by atoms with Crippen LogP contribution in [0, 0.1) is 13.8 Å². The fourth-order valence-electron chi connectivity index (χ4n) is 2.52. The number of carboxylic acids is 1. The Balaban J connectivity index is 0.00000208. The summed E-state index contributed by atoms with van der Waals surface area (Å²) in [4.78, 5) is 11.3. The number of halogens is 1. The van der Waals surface area contributed by atoms with Crippen LogP contribution in [0.2, 0.25) is 0 Å². The lowest BCUT2D eigenvalue weighted by atomic mass is 10.1. The minimum atomic E-state index is -3.78. The predicted octanol–water partition coefficient (Wildman–Crippen LogP) is 3.62. The maximum absolute atomic E-state index is 12.9. The SMILES string of the molecule is Cc1ccc(S(=O)(=O)n2cc(C)c3ccc(C(=O)O)cc32)cc1.Cl. The minimum Gasteiger partial charge on any atom is -0.478 e. The van der Waals surface area contributed by atoms with Crippen LogP contribution in [0.4, 0.5) is 0 Å². The van der Waals surface area contributed by atoms with Gasteiger partial charge in [0.05, 0.1) is 16.0 Å². The maximum atomic E-state index is 12.9. The van der Waals surface area contributed by atoms with Gasteiger partial charge in [0, 0.05) is 11.6 Å². The van der Waals surface area contributed by atoms with E-state index in [0.717, 1.165) is 15.1 Å². The molecule has 1 N–H and O–H groups in total. The van der Waals surface area contributed by atoms with Gasteiger partial charge in [-0.1, -0.05) is 23.8 Å². The molecule has 2 aromatic carbocycles. The second-order valence-electron chi connectivity index (χ2n) is 5.46. The number of aromatic nitrogens is 1. The highest BCUT2D eigenvalue weighted by Crippen LogP contribution is 2.26. The zero-order valence-corrected chi connectivity index (χ0v) is 14.7. The second-order valence-corrected chi connectivity index (χ2v) is 7.28. The number of aryl methyl sites for hydroxylation is 2. The Morgan fingerprint density at radius 2 is 1.67 bits per heavy atom. The van der Waals surface area contributed by atoms with E-state index in [1.54, 1.807) is 37.3 Å². The molecule has 0 atom stereocenters. The third kappa shape index (κ3) is 2.90. The third-order valence-electron chi connectivity index (χ3n) is 3.80. The predicted molar refractivity (Wildman–Crippen MR) is 94.6 cm³/mol. The third-order valence-corrected chi connectivity index (χ3v) is 5.48. The summed E-state index contributed by atoms with van der Waals surface area (Å²) in [5.74, 6) is -1.09. The molecule has 3 aromatic rings. The van der Waals surface area contributed by atoms with E-state index in [9.17, 15) is 13.2 Å². The smallest absolute Gasteiger partial charge is 0.335 e. The van der Waals surface area contributed by atoms with Crippen molar-refractivity contribution < 1.29 is 18.3 Å². The Morgan fingerprint density at radius 3 is 2.25 bits per heavy atom. The highest BCUT2D eigenvalue weighted by Gasteiger charge is 2.21. The van der Waals surface area contributed by atoms with E-state index in [4.69, 9.17) is 5.11 Å². The van der Waals surface area contributed by atoms with Gasteiger partial charge >= 0.3 is 5.97 Å². The number of carbonyl (C=O) groups is 1. The summed E-state index contributed by atoms with van der Waals surface area (Å²) in [6.07, 6.45) is 1.52. The van der Waals surface area contributed by atoms with Gasteiger partial charge in [0.15, 0.2) is 0 Å². The van der Waals surface area contributed by atoms with Crippen molar-refractivity contribution in [3.63, 3.8) is 0 Å². The first-order valence-corrected chi connectivity index (χ1v) is 8.42. The van der Waals surface area contributed by atoms with Crippen molar-refractivity contribution in [1.29, 1.82) is 0 Å². The molecule has 0 aliphatic heterocycles. The molecule has 3 rings (SSSR count). The fraction of sp³-hybridized carbons (Fsp3) is 0.118. The lowest BCUT2D eigenvalue weighted by Gasteiger charge is -2.08. The van der Waals surface area contributed by atoms with E-state index < -0.39 is 16.0 Å². The van der Waals surface area contributed by atoms with Gasteiger partial charge in [-0.3, -0.25) is 0 Å². The Labute approximate surface area is 146 Å². The number of nitrogens with zero attached hydrogens (tertiary/aromatic N) is 1. The standard InChI is InChI=1S/C17H15NO4S.ClH/c1-11-3-6-14(7-4-11)23(21,22)18-10-12(2)15-8-5-13(17(19)20)9-16(15)18;/h3-10H,1-2H3,(H,19,20);1H. The van der Waals surface area contributed by atoms with Gasteiger partial charge in [0.25, 0.3) is 10.0 Å². The summed E-state index contributed by atoms with van der Waals surface area (Å²) in [7, 11) is -3.78. The number of carboxylic acid groups (broad SMARTS) is 1. The van der Waals surface area contributed by atoms with Crippen LogP contribution in [0.3, 0.4) is 0 Å². The van der Waals surface area contributed by atoms with Crippen LogP contribution in [0.25, 0.3) is 10.9 Å². The van der Waals surface area contributed by atoms with Crippen molar-refractivity contribution in [2.24, 2.45) is 0 Å². The molecule has 0 saturated heterocycles. The molecule has 0 spiro atoms. The van der Waals surface area contributed by atoms with Gasteiger partial charge < -0.3 is 5.11 Å². The van der Waals surface area contributed by atoms with Crippen molar-refractivity contribution in [1.82, 2.24) is 3.97 Å². The van der Waals surface area contributed by atoms with E-state index in [-0.39, 0.29) is 22.9 Å². The number of fused-ring (bicyclic) bond motifs is 1. The quantitative estimate of drug-likeness (QED) is 0.769. The largest absolute Gasteiger partial charge is 0.478 e. The first-order valence-electron chi connectivity index (χ1n) is 6.98. The van der Waals surface area contributed by atoms with Crippen LogP contribution < -0.4 is 0 Å². The van der Waals surface area contributed by atoms with Crippen LogP contribution in [-0.2, 0) is 10.0 Å². The highest BCUT2D eigenvalue weighted by atomic mass is 35.5. The van der Waals surface area contributed by atoms with E-state index >= 15 is 0 Å². The molecular weight excluding hydrogens is 350 g/mol. The van der Waals surface area contributed by atoms with Gasteiger partial charge in [-0.15, -0.1) is 12.4 Å². The normalized spacial score (nSPS) is 11.2. The van der Waals surface area contributed by atoms with E-state index in [0.29, 0.717) is 10.9 Å². The fourth-order valence-corrected chi connectivity index (χ4v) is 3.93. The number of hydrogen-bond acceptors (Lipinski definition) is 3. The Bertz CT molecular complexity index is 1020. The molecule has 126 valence electrons. The van der Waals surface area contributed by atoms with Crippen molar-refractivity contribution in [3.8, 4) is 0 Å². The summed E-state index contributed by atoms with van der Waals surface area (Å²) in [6.45, 7) is 3.68. The minimum absolute atomic E-state index is 0. The molecule has 0 fully saturated rings. The summed E-state index contributed by atoms with van der Waals surface area (Å²) in [6, 6.07) is 11.0. The maximum Gasteiger partial charge on any atom is 0.335 e. The van der Waals surface area contributed by atoms with Gasteiger partial charge in [0.2, 0.25) is 0 Å². The van der Waals surface area contributed by atoms with Crippen molar-refractivity contribution in [3.05, 3.63) is 65.4 Å². The average molecular weight is 366 g/mol. The molecule has 0 saturated carbocycles. The molecule has 0 radical (unpaired) electrons. The molecule has 7 heteroatoms. The Morgan fingerprint density at radius 1 is 1.04 bits per heavy atom. The molecule has 5 nitrogen and oxygen atoms in total. The molecule has 1 aromatic heterocycles. The molecule has 0 amide bonds. The first kappa shape index (κ1) is 18.0. The van der Waals surface area contributed by atoms with Crippen LogP contribution in [-0.4, -0.2) is 23.5 Å². The van der Waals surface area contributed by atoms with Crippen LogP contribution >= 0.6 is 12.4 Å². The molecule has 24 heavy (non-hydrogen) atoms. The zero-order chi connectivity index (χ0) is 16.8. The van der Waals surface area contributed by atoms with E-state index in [2.05, 4.69) is 0 Å².